The Morgan fingerprint density at radius 1 is 0.381 bits per heavy atom. The maximum Gasteiger partial charge on any atom is 0.161 e. The first-order chi connectivity index (χ1) is 20.5. The van der Waals surface area contributed by atoms with Gasteiger partial charge in [-0.25, -0.2) is 0 Å². The summed E-state index contributed by atoms with van der Waals surface area (Å²) in [4.78, 5) is 0. The minimum atomic E-state index is 0.0602. The van der Waals surface area contributed by atoms with E-state index in [1.165, 1.54) is 0 Å². The Morgan fingerprint density at radius 3 is 0.905 bits per heavy atom. The van der Waals surface area contributed by atoms with Gasteiger partial charge in [-0.1, -0.05) is 78.6 Å². The molecule has 0 saturated heterocycles. The molecule has 0 heterocycles. The predicted octanol–water partition coefficient (Wildman–Crippen LogP) is 10.1. The van der Waals surface area contributed by atoms with E-state index in [1.807, 2.05) is 18.2 Å². The van der Waals surface area contributed by atoms with E-state index in [0.717, 1.165) is 109 Å². The van der Waals surface area contributed by atoms with Crippen LogP contribution in [0, 0.1) is 0 Å². The normalized spacial score (nSPS) is 11.5. The number of benzene rings is 4. The van der Waals surface area contributed by atoms with Crippen LogP contribution in [0.4, 0.5) is 0 Å². The Labute approximate surface area is 250 Å². The second-order valence-corrected chi connectivity index (χ2v) is 11.3. The Balaban J connectivity index is 1.80. The van der Waals surface area contributed by atoms with Crippen molar-refractivity contribution in [2.75, 3.05) is 19.8 Å². The topological polar surface area (TPSA) is 88.4 Å². The van der Waals surface area contributed by atoms with E-state index < -0.39 is 0 Å². The van der Waals surface area contributed by atoms with Crippen LogP contribution in [-0.4, -0.2) is 35.1 Å². The number of unbranched alkanes of at least 4 members (excludes halogenated alkanes) is 9. The lowest BCUT2D eigenvalue weighted by atomic mass is 9.93. The minimum Gasteiger partial charge on any atom is -0.504 e. The molecular weight excluding hydrogens is 528 g/mol. The molecule has 4 aromatic carbocycles. The molecule has 0 amide bonds. The van der Waals surface area contributed by atoms with E-state index >= 15 is 0 Å². The van der Waals surface area contributed by atoms with E-state index in [9.17, 15) is 15.3 Å². The average Bonchev–Trinajstić information content (AvgIpc) is 2.98. The molecule has 4 aromatic rings. The summed E-state index contributed by atoms with van der Waals surface area (Å²) in [7, 11) is 0. The van der Waals surface area contributed by atoms with E-state index in [-0.39, 0.29) is 17.2 Å². The third kappa shape index (κ3) is 7.64. The third-order valence-corrected chi connectivity index (χ3v) is 7.93. The van der Waals surface area contributed by atoms with Crippen LogP contribution >= 0.6 is 0 Å². The van der Waals surface area contributed by atoms with E-state index in [1.54, 1.807) is 18.2 Å². The van der Waals surface area contributed by atoms with Gasteiger partial charge in [-0.05, 0) is 88.0 Å². The Hall–Kier alpha value is -3.54. The van der Waals surface area contributed by atoms with Crippen LogP contribution in [0.1, 0.15) is 97.8 Å². The fourth-order valence-electron chi connectivity index (χ4n) is 5.52. The first-order valence-electron chi connectivity index (χ1n) is 16.0. The Morgan fingerprint density at radius 2 is 0.643 bits per heavy atom. The van der Waals surface area contributed by atoms with Gasteiger partial charge in [0.15, 0.2) is 34.5 Å². The Kier molecular flexibility index (Phi) is 11.7. The van der Waals surface area contributed by atoms with Gasteiger partial charge >= 0.3 is 0 Å². The first-order valence-corrected chi connectivity index (χ1v) is 16.0. The van der Waals surface area contributed by atoms with Crippen LogP contribution in [0.25, 0.3) is 32.3 Å². The molecule has 0 aliphatic carbocycles. The maximum absolute atomic E-state index is 11.0. The lowest BCUT2D eigenvalue weighted by Gasteiger charge is -2.17. The maximum atomic E-state index is 11.0. The van der Waals surface area contributed by atoms with Crippen molar-refractivity contribution in [2.45, 2.75) is 97.8 Å². The second-order valence-electron chi connectivity index (χ2n) is 11.3. The van der Waals surface area contributed by atoms with Crippen molar-refractivity contribution >= 4 is 32.3 Å². The molecule has 3 N–H and O–H groups in total. The summed E-state index contributed by atoms with van der Waals surface area (Å²) in [5.74, 6) is 1.43. The summed E-state index contributed by atoms with van der Waals surface area (Å²) in [5.41, 5.74) is 0. The SMILES string of the molecule is CCCCCCOc1cc2c(cc1O)c1cc(OCCCCCC)c(O)cc1c1cc(OCCCCCC)c(O)cc21. The molecule has 0 spiro atoms. The van der Waals surface area contributed by atoms with Gasteiger partial charge < -0.3 is 29.5 Å². The van der Waals surface area contributed by atoms with Gasteiger partial charge in [0.05, 0.1) is 19.8 Å². The smallest absolute Gasteiger partial charge is 0.161 e. The van der Waals surface area contributed by atoms with Crippen molar-refractivity contribution in [3.63, 3.8) is 0 Å². The molecule has 0 aliphatic heterocycles. The molecule has 228 valence electrons. The minimum absolute atomic E-state index is 0.0602. The summed E-state index contributed by atoms with van der Waals surface area (Å²) in [6.07, 6.45) is 12.9. The number of phenols is 3. The highest BCUT2D eigenvalue weighted by Crippen LogP contribution is 2.46. The van der Waals surface area contributed by atoms with Gasteiger partial charge in [-0.15, -0.1) is 0 Å². The van der Waals surface area contributed by atoms with Crippen LogP contribution < -0.4 is 14.2 Å². The zero-order valence-corrected chi connectivity index (χ0v) is 25.6. The molecule has 6 nitrogen and oxygen atoms in total. The highest BCUT2D eigenvalue weighted by Gasteiger charge is 2.18. The van der Waals surface area contributed by atoms with Gasteiger partial charge in [0.25, 0.3) is 0 Å². The number of rotatable bonds is 18. The molecular formula is C36H48O6. The lowest BCUT2D eigenvalue weighted by molar-refractivity contribution is 0.289. The van der Waals surface area contributed by atoms with E-state index in [0.29, 0.717) is 37.1 Å². The van der Waals surface area contributed by atoms with Gasteiger partial charge in [0, 0.05) is 0 Å². The van der Waals surface area contributed by atoms with E-state index in [2.05, 4.69) is 20.8 Å². The average molecular weight is 577 g/mol. The molecule has 0 bridgehead atoms. The van der Waals surface area contributed by atoms with Crippen LogP contribution in [-0.2, 0) is 0 Å². The first kappa shape index (κ1) is 31.4. The molecule has 0 aromatic heterocycles. The van der Waals surface area contributed by atoms with Crippen molar-refractivity contribution < 1.29 is 29.5 Å². The molecule has 42 heavy (non-hydrogen) atoms. The number of hydrogen-bond donors (Lipinski definition) is 3. The standard InChI is InChI=1S/C36H48O6/c1-4-7-10-13-16-40-34-22-28-25(19-31(34)37)29-23-35(41-17-14-11-8-5-2)33(39)21-27(29)30-24-36(32(38)20-26(28)30)42-18-15-12-9-6-3/h19-24,37-39H,4-18H2,1-3H3. The number of aromatic hydroxyl groups is 3. The summed E-state index contributed by atoms with van der Waals surface area (Å²) in [6.45, 7) is 8.09. The van der Waals surface area contributed by atoms with Gasteiger partial charge in [0.2, 0.25) is 0 Å². The summed E-state index contributed by atoms with van der Waals surface area (Å²) >= 11 is 0. The molecule has 4 rings (SSSR count). The van der Waals surface area contributed by atoms with Crippen LogP contribution in [0.5, 0.6) is 34.5 Å². The largest absolute Gasteiger partial charge is 0.504 e. The number of ether oxygens (including phenoxy) is 3. The van der Waals surface area contributed by atoms with Gasteiger partial charge in [-0.3, -0.25) is 0 Å². The molecule has 0 aliphatic rings. The van der Waals surface area contributed by atoms with Crippen molar-refractivity contribution in [1.82, 2.24) is 0 Å². The zero-order valence-electron chi connectivity index (χ0n) is 25.6. The molecule has 6 heteroatoms. The lowest BCUT2D eigenvalue weighted by Crippen LogP contribution is -1.99. The van der Waals surface area contributed by atoms with Crippen molar-refractivity contribution in [3.05, 3.63) is 36.4 Å². The Bertz CT molecular complexity index is 1260. The monoisotopic (exact) mass is 576 g/mol. The predicted molar refractivity (Wildman–Crippen MR) is 173 cm³/mol. The number of phenolic OH excluding ortho intramolecular Hbond substituents is 3. The van der Waals surface area contributed by atoms with Crippen molar-refractivity contribution in [3.8, 4) is 34.5 Å². The quantitative estimate of drug-likeness (QED) is 0.0807. The molecule has 0 unspecified atom stereocenters. The second kappa shape index (κ2) is 15.6. The highest BCUT2D eigenvalue weighted by atomic mass is 16.5. The molecule has 0 saturated carbocycles. The summed E-state index contributed by atoms with van der Waals surface area (Å²) in [6, 6.07) is 10.7. The third-order valence-electron chi connectivity index (χ3n) is 7.93. The number of hydrogen-bond acceptors (Lipinski definition) is 6. The van der Waals surface area contributed by atoms with E-state index in [4.69, 9.17) is 14.2 Å². The van der Waals surface area contributed by atoms with Crippen LogP contribution in [0.2, 0.25) is 0 Å². The molecule has 0 fully saturated rings. The fraction of sp³-hybridized carbons (Fsp3) is 0.500. The van der Waals surface area contributed by atoms with Crippen LogP contribution in [0.15, 0.2) is 36.4 Å². The van der Waals surface area contributed by atoms with Crippen molar-refractivity contribution in [2.24, 2.45) is 0 Å². The summed E-state index contributed by atoms with van der Waals surface area (Å²) in [5, 5.41) is 37.8. The molecule has 0 radical (unpaired) electrons. The van der Waals surface area contributed by atoms with Crippen LogP contribution in [0.3, 0.4) is 0 Å². The summed E-state index contributed by atoms with van der Waals surface area (Å²) < 4.78 is 18.1. The zero-order chi connectivity index (χ0) is 29.9. The molecule has 0 atom stereocenters. The van der Waals surface area contributed by atoms with Crippen molar-refractivity contribution in [1.29, 1.82) is 0 Å². The van der Waals surface area contributed by atoms with Gasteiger partial charge in [0.1, 0.15) is 0 Å². The highest BCUT2D eigenvalue weighted by molar-refractivity contribution is 6.26. The number of fused-ring (bicyclic) bond motifs is 6. The van der Waals surface area contributed by atoms with Gasteiger partial charge in [-0.2, -0.15) is 0 Å². The fourth-order valence-corrected chi connectivity index (χ4v) is 5.52.